The van der Waals surface area contributed by atoms with E-state index in [0.717, 1.165) is 15.4 Å². The lowest BCUT2D eigenvalue weighted by molar-refractivity contribution is -0.139. The van der Waals surface area contributed by atoms with Crippen molar-refractivity contribution in [2.45, 2.75) is 58.1 Å². The van der Waals surface area contributed by atoms with E-state index in [1.54, 1.807) is 56.3 Å². The fourth-order valence-corrected chi connectivity index (χ4v) is 5.58. The highest BCUT2D eigenvalue weighted by Crippen LogP contribution is 2.33. The van der Waals surface area contributed by atoms with Crippen LogP contribution < -0.4 is 14.4 Å². The number of amides is 2. The quantitative estimate of drug-likeness (QED) is 0.357. The van der Waals surface area contributed by atoms with E-state index in [9.17, 15) is 18.0 Å². The van der Waals surface area contributed by atoms with Crippen LogP contribution in [0.25, 0.3) is 0 Å². The highest BCUT2D eigenvalue weighted by atomic mass is 32.2. The zero-order chi connectivity index (χ0) is 28.6. The van der Waals surface area contributed by atoms with Gasteiger partial charge in [-0.1, -0.05) is 54.6 Å². The van der Waals surface area contributed by atoms with Crippen LogP contribution in [0.3, 0.4) is 0 Å². The van der Waals surface area contributed by atoms with E-state index < -0.39 is 28.5 Å². The highest BCUT2D eigenvalue weighted by Gasteiger charge is 2.34. The number of carbonyl (C=O) groups excluding carboxylic acids is 2. The minimum Gasteiger partial charge on any atom is -0.492 e. The number of carbonyl (C=O) groups is 2. The second-order valence-corrected chi connectivity index (χ2v) is 11.4. The Bertz CT molecular complexity index is 1380. The minimum atomic E-state index is -4.16. The van der Waals surface area contributed by atoms with Crippen molar-refractivity contribution in [2.24, 2.45) is 0 Å². The van der Waals surface area contributed by atoms with Gasteiger partial charge in [0, 0.05) is 12.6 Å². The third-order valence-corrected chi connectivity index (χ3v) is 8.02. The van der Waals surface area contributed by atoms with Gasteiger partial charge < -0.3 is 15.0 Å². The predicted octanol–water partition coefficient (Wildman–Crippen LogP) is 4.53. The Morgan fingerprint density at radius 1 is 0.897 bits per heavy atom. The van der Waals surface area contributed by atoms with Crippen LogP contribution in [-0.4, -0.2) is 50.4 Å². The summed E-state index contributed by atoms with van der Waals surface area (Å²) < 4.78 is 34.7. The van der Waals surface area contributed by atoms with Crippen molar-refractivity contribution in [3.05, 3.63) is 90.0 Å². The first-order valence-electron chi connectivity index (χ1n) is 13.0. The first kappa shape index (κ1) is 29.7. The fraction of sp³-hybridized carbons (Fsp3) is 0.333. The molecule has 0 bridgehead atoms. The van der Waals surface area contributed by atoms with Crippen LogP contribution in [0.4, 0.5) is 5.69 Å². The maximum absolute atomic E-state index is 14.0. The lowest BCUT2D eigenvalue weighted by Gasteiger charge is -2.33. The van der Waals surface area contributed by atoms with Gasteiger partial charge in [0.1, 0.15) is 18.3 Å². The Kier molecular flexibility index (Phi) is 10.1. The van der Waals surface area contributed by atoms with Gasteiger partial charge >= 0.3 is 0 Å². The summed E-state index contributed by atoms with van der Waals surface area (Å²) in [6.07, 6.45) is 0. The summed E-state index contributed by atoms with van der Waals surface area (Å²) in [5.74, 6) is -0.502. The van der Waals surface area contributed by atoms with Crippen molar-refractivity contribution in [2.75, 3.05) is 17.5 Å². The smallest absolute Gasteiger partial charge is 0.264 e. The SMILES string of the molecule is CCOc1ccccc1N(CC(=O)N(Cc1ccccc1C)C(C)C(=O)NC(C)C)S(=O)(=O)c1ccccc1. The van der Waals surface area contributed by atoms with Crippen molar-refractivity contribution in [1.82, 2.24) is 10.2 Å². The molecule has 0 fully saturated rings. The number of rotatable bonds is 12. The number of aryl methyl sites for hydroxylation is 1. The van der Waals surface area contributed by atoms with Crippen molar-refractivity contribution in [1.29, 1.82) is 0 Å². The first-order chi connectivity index (χ1) is 18.6. The number of anilines is 1. The van der Waals surface area contributed by atoms with Gasteiger partial charge in [0.2, 0.25) is 11.8 Å². The number of sulfonamides is 1. The number of para-hydroxylation sites is 2. The molecular formula is C30H37N3O5S. The van der Waals surface area contributed by atoms with Crippen molar-refractivity contribution >= 4 is 27.5 Å². The summed E-state index contributed by atoms with van der Waals surface area (Å²) in [4.78, 5) is 28.5. The fourth-order valence-electron chi connectivity index (χ4n) is 4.13. The lowest BCUT2D eigenvalue weighted by Crippen LogP contribution is -2.52. The topological polar surface area (TPSA) is 96.0 Å². The monoisotopic (exact) mass is 551 g/mol. The molecule has 0 aromatic heterocycles. The van der Waals surface area contributed by atoms with E-state index in [0.29, 0.717) is 12.4 Å². The zero-order valence-corrected chi connectivity index (χ0v) is 23.9. The number of hydrogen-bond donors (Lipinski definition) is 1. The van der Waals surface area contributed by atoms with Crippen molar-refractivity contribution in [3.8, 4) is 5.75 Å². The Balaban J connectivity index is 2.08. The standard InChI is InChI=1S/C30H37N3O5S/c1-6-38-28-19-13-12-18-27(28)33(39(36,37)26-16-8-7-9-17-26)21-29(34)32(24(5)30(35)31-22(2)3)20-25-15-11-10-14-23(25)4/h7-19,22,24H,6,20-21H2,1-5H3,(H,31,35). The summed E-state index contributed by atoms with van der Waals surface area (Å²) in [6.45, 7) is 9.01. The molecule has 0 radical (unpaired) electrons. The van der Waals surface area contributed by atoms with Crippen molar-refractivity contribution < 1.29 is 22.7 Å². The Hall–Kier alpha value is -3.85. The summed E-state index contributed by atoms with van der Waals surface area (Å²) in [6, 6.07) is 21.3. The third kappa shape index (κ3) is 7.38. The van der Waals surface area contributed by atoms with E-state index in [2.05, 4.69) is 5.32 Å². The molecule has 0 saturated carbocycles. The van der Waals surface area contributed by atoms with E-state index in [-0.39, 0.29) is 29.1 Å². The molecule has 0 aliphatic rings. The second kappa shape index (κ2) is 13.3. The molecule has 1 atom stereocenters. The van der Waals surface area contributed by atoms with Crippen LogP contribution in [0.1, 0.15) is 38.8 Å². The number of nitrogens with one attached hydrogen (secondary N) is 1. The molecule has 1 N–H and O–H groups in total. The molecule has 8 nitrogen and oxygen atoms in total. The van der Waals surface area contributed by atoms with Gasteiger partial charge in [-0.05, 0) is 70.0 Å². The Labute approximate surface area is 231 Å². The Morgan fingerprint density at radius 2 is 1.51 bits per heavy atom. The van der Waals surface area contributed by atoms with E-state index in [4.69, 9.17) is 4.74 Å². The molecule has 208 valence electrons. The van der Waals surface area contributed by atoms with Crippen LogP contribution in [0, 0.1) is 6.92 Å². The summed E-state index contributed by atoms with van der Waals surface area (Å²) >= 11 is 0. The van der Waals surface area contributed by atoms with Gasteiger partial charge in [0.05, 0.1) is 17.2 Å². The summed E-state index contributed by atoms with van der Waals surface area (Å²) in [7, 11) is -4.16. The lowest BCUT2D eigenvalue weighted by atomic mass is 10.1. The average molecular weight is 552 g/mol. The molecule has 1 unspecified atom stereocenters. The second-order valence-electron chi connectivity index (χ2n) is 9.51. The first-order valence-corrected chi connectivity index (χ1v) is 14.4. The predicted molar refractivity (Wildman–Crippen MR) is 153 cm³/mol. The van der Waals surface area contributed by atoms with Gasteiger partial charge in [0.15, 0.2) is 0 Å². The molecule has 0 spiro atoms. The molecule has 0 aliphatic heterocycles. The average Bonchev–Trinajstić information content (AvgIpc) is 2.91. The van der Waals surface area contributed by atoms with Crippen LogP contribution in [0.15, 0.2) is 83.8 Å². The largest absolute Gasteiger partial charge is 0.492 e. The summed E-state index contributed by atoms with van der Waals surface area (Å²) in [5.41, 5.74) is 2.07. The van der Waals surface area contributed by atoms with E-state index in [1.165, 1.54) is 17.0 Å². The maximum Gasteiger partial charge on any atom is 0.264 e. The van der Waals surface area contributed by atoms with Crippen LogP contribution >= 0.6 is 0 Å². The third-order valence-electron chi connectivity index (χ3n) is 6.24. The summed E-state index contributed by atoms with van der Waals surface area (Å²) in [5, 5.41) is 2.86. The number of hydrogen-bond acceptors (Lipinski definition) is 5. The molecule has 0 heterocycles. The van der Waals surface area contributed by atoms with E-state index in [1.807, 2.05) is 45.0 Å². The maximum atomic E-state index is 14.0. The normalized spacial score (nSPS) is 12.1. The molecule has 3 rings (SSSR count). The molecule has 3 aromatic carbocycles. The van der Waals surface area contributed by atoms with Crippen LogP contribution in [0.2, 0.25) is 0 Å². The molecular weight excluding hydrogens is 514 g/mol. The molecule has 39 heavy (non-hydrogen) atoms. The molecule has 2 amide bonds. The van der Waals surface area contributed by atoms with Crippen LogP contribution in [-0.2, 0) is 26.2 Å². The van der Waals surface area contributed by atoms with Crippen molar-refractivity contribution in [3.63, 3.8) is 0 Å². The minimum absolute atomic E-state index is 0.0418. The van der Waals surface area contributed by atoms with Gasteiger partial charge in [-0.25, -0.2) is 8.42 Å². The zero-order valence-electron chi connectivity index (χ0n) is 23.1. The molecule has 0 saturated heterocycles. The van der Waals surface area contributed by atoms with Gasteiger partial charge in [-0.3, -0.25) is 13.9 Å². The van der Waals surface area contributed by atoms with Gasteiger partial charge in [-0.15, -0.1) is 0 Å². The van der Waals surface area contributed by atoms with E-state index >= 15 is 0 Å². The van der Waals surface area contributed by atoms with Gasteiger partial charge in [0.25, 0.3) is 10.0 Å². The number of benzene rings is 3. The molecule has 0 aliphatic carbocycles. The molecule has 3 aromatic rings. The number of nitrogens with zero attached hydrogens (tertiary/aromatic N) is 2. The highest BCUT2D eigenvalue weighted by molar-refractivity contribution is 7.92. The van der Waals surface area contributed by atoms with Crippen LogP contribution in [0.5, 0.6) is 5.75 Å². The number of ether oxygens (including phenoxy) is 1. The Morgan fingerprint density at radius 3 is 2.15 bits per heavy atom. The molecule has 9 heteroatoms. The van der Waals surface area contributed by atoms with Gasteiger partial charge in [-0.2, -0.15) is 0 Å².